The van der Waals surface area contributed by atoms with Crippen LogP contribution in [-0.4, -0.2) is 47.4 Å². The summed E-state index contributed by atoms with van der Waals surface area (Å²) in [6.45, 7) is 0. The van der Waals surface area contributed by atoms with E-state index in [1.165, 1.54) is 12.4 Å². The van der Waals surface area contributed by atoms with Crippen LogP contribution in [0.15, 0.2) is 54.0 Å². The Balaban J connectivity index is 1.42. The zero-order valence-corrected chi connectivity index (χ0v) is 17.1. The lowest BCUT2D eigenvalue weighted by atomic mass is 10.2. The van der Waals surface area contributed by atoms with Crippen LogP contribution in [0.1, 0.15) is 28.9 Å². The number of rotatable bonds is 8. The van der Waals surface area contributed by atoms with E-state index >= 15 is 0 Å². The molecule has 0 bridgehead atoms. The van der Waals surface area contributed by atoms with Crippen LogP contribution >= 0.6 is 0 Å². The molecule has 0 saturated heterocycles. The molecule has 1 aromatic carbocycles. The molecule has 0 unspecified atom stereocenters. The fourth-order valence-corrected chi connectivity index (χ4v) is 2.70. The molecule has 2 aromatic heterocycles. The second kappa shape index (κ2) is 9.21. The lowest BCUT2D eigenvalue weighted by Crippen LogP contribution is -2.19. The topological polar surface area (TPSA) is 108 Å². The van der Waals surface area contributed by atoms with E-state index in [0.717, 1.165) is 18.4 Å². The van der Waals surface area contributed by atoms with Crippen LogP contribution in [-0.2, 0) is 0 Å². The summed E-state index contributed by atoms with van der Waals surface area (Å²) in [6, 6.07) is 8.90. The first-order valence-corrected chi connectivity index (χ1v) is 9.66. The van der Waals surface area contributed by atoms with E-state index in [0.29, 0.717) is 28.6 Å². The summed E-state index contributed by atoms with van der Waals surface area (Å²) in [5.74, 6) is 1.33. The second-order valence-electron chi connectivity index (χ2n) is 6.84. The van der Waals surface area contributed by atoms with Crippen molar-refractivity contribution >= 4 is 12.1 Å². The number of carbonyl (C=O) groups excluding carboxylic acids is 1. The fraction of sp³-hybridized carbons (Fsp3) is 0.227. The maximum atomic E-state index is 12.4. The van der Waals surface area contributed by atoms with Crippen molar-refractivity contribution in [2.75, 3.05) is 14.2 Å². The molecule has 1 aliphatic rings. The highest BCUT2D eigenvalue weighted by Crippen LogP contribution is 2.26. The van der Waals surface area contributed by atoms with Gasteiger partial charge in [-0.2, -0.15) is 5.10 Å². The highest BCUT2D eigenvalue weighted by Gasteiger charge is 2.23. The Bertz CT molecular complexity index is 1080. The minimum Gasteiger partial charge on any atom is -0.497 e. The van der Waals surface area contributed by atoms with Gasteiger partial charge in [0.1, 0.15) is 23.3 Å². The first-order chi connectivity index (χ1) is 15.1. The molecular formula is C22H21N5O4. The van der Waals surface area contributed by atoms with E-state index in [1.54, 1.807) is 50.9 Å². The molecule has 4 rings (SSSR count). The van der Waals surface area contributed by atoms with Crippen molar-refractivity contribution in [3.63, 3.8) is 0 Å². The summed E-state index contributed by atoms with van der Waals surface area (Å²) in [5, 5.41) is 3.98. The van der Waals surface area contributed by atoms with E-state index < -0.39 is 5.91 Å². The number of pyridine rings is 1. The Morgan fingerprint density at radius 2 is 1.87 bits per heavy atom. The molecule has 0 spiro atoms. The fourth-order valence-electron chi connectivity index (χ4n) is 2.70. The van der Waals surface area contributed by atoms with Crippen molar-refractivity contribution in [3.05, 3.63) is 60.2 Å². The molecule has 1 aliphatic carbocycles. The first-order valence-electron chi connectivity index (χ1n) is 9.66. The third kappa shape index (κ3) is 5.33. The third-order valence-corrected chi connectivity index (χ3v) is 4.46. The average molecular weight is 419 g/mol. The van der Waals surface area contributed by atoms with Gasteiger partial charge in [0.15, 0.2) is 0 Å². The van der Waals surface area contributed by atoms with Crippen molar-refractivity contribution in [1.29, 1.82) is 0 Å². The Hall–Kier alpha value is -4.01. The van der Waals surface area contributed by atoms with Gasteiger partial charge < -0.3 is 14.2 Å². The molecule has 9 nitrogen and oxygen atoms in total. The van der Waals surface area contributed by atoms with E-state index in [9.17, 15) is 4.79 Å². The van der Waals surface area contributed by atoms with Gasteiger partial charge in [0.25, 0.3) is 5.91 Å². The van der Waals surface area contributed by atoms with E-state index in [1.807, 2.05) is 6.07 Å². The van der Waals surface area contributed by atoms with Crippen LogP contribution in [0.25, 0.3) is 11.3 Å². The van der Waals surface area contributed by atoms with Crippen LogP contribution < -0.4 is 19.6 Å². The lowest BCUT2D eigenvalue weighted by molar-refractivity contribution is 0.0950. The summed E-state index contributed by atoms with van der Waals surface area (Å²) < 4.78 is 16.1. The molecule has 31 heavy (non-hydrogen) atoms. The lowest BCUT2D eigenvalue weighted by Gasteiger charge is -2.06. The van der Waals surface area contributed by atoms with Gasteiger partial charge in [0, 0.05) is 29.5 Å². The summed E-state index contributed by atoms with van der Waals surface area (Å²) in [6.07, 6.45) is 8.51. The number of amides is 1. The molecule has 1 N–H and O–H groups in total. The Labute approximate surface area is 179 Å². The molecule has 0 radical (unpaired) electrons. The number of nitrogens with zero attached hydrogens (tertiary/aromatic N) is 4. The number of methoxy groups -OCH3 is 2. The number of aromatic nitrogens is 3. The number of nitrogens with one attached hydrogen (secondary N) is 1. The number of ether oxygens (including phenoxy) is 3. The monoisotopic (exact) mass is 419 g/mol. The van der Waals surface area contributed by atoms with Crippen LogP contribution in [0.3, 0.4) is 0 Å². The minimum absolute atomic E-state index is 0.135. The highest BCUT2D eigenvalue weighted by atomic mass is 16.5. The Kier molecular flexibility index (Phi) is 6.02. The first kappa shape index (κ1) is 20.3. The number of benzene rings is 1. The van der Waals surface area contributed by atoms with Crippen molar-refractivity contribution in [1.82, 2.24) is 20.4 Å². The normalized spacial score (nSPS) is 13.1. The van der Waals surface area contributed by atoms with Crippen LogP contribution in [0.2, 0.25) is 0 Å². The molecule has 3 aromatic rings. The number of hydrogen-bond acceptors (Lipinski definition) is 8. The Morgan fingerprint density at radius 3 is 2.52 bits per heavy atom. The van der Waals surface area contributed by atoms with Gasteiger partial charge in [0.05, 0.1) is 38.5 Å². The average Bonchev–Trinajstić information content (AvgIpc) is 3.63. The molecule has 0 aliphatic heterocycles. The van der Waals surface area contributed by atoms with Gasteiger partial charge in [-0.1, -0.05) is 0 Å². The predicted molar refractivity (Wildman–Crippen MR) is 114 cm³/mol. The summed E-state index contributed by atoms with van der Waals surface area (Å²) >= 11 is 0. The van der Waals surface area contributed by atoms with Gasteiger partial charge in [0.2, 0.25) is 5.88 Å². The van der Waals surface area contributed by atoms with Gasteiger partial charge in [-0.15, -0.1) is 0 Å². The molecule has 1 amide bonds. The summed E-state index contributed by atoms with van der Waals surface area (Å²) in [4.78, 5) is 25.2. The number of hydrazone groups is 1. The standard InChI is InChI=1S/C22H21N5O4/c1-29-17-7-14(8-18(9-17)30-2)10-25-27-22(28)20-13-23-12-19(26-20)15-3-6-21(24-11-15)31-16-4-5-16/h3,6-13,16H,4-5H2,1-2H3,(H,27,28)/b25-10+. The van der Waals surface area contributed by atoms with Gasteiger partial charge in [-0.3, -0.25) is 9.78 Å². The maximum Gasteiger partial charge on any atom is 0.291 e. The minimum atomic E-state index is -0.484. The van der Waals surface area contributed by atoms with Gasteiger partial charge in [-0.25, -0.2) is 15.4 Å². The van der Waals surface area contributed by atoms with Gasteiger partial charge >= 0.3 is 0 Å². The van der Waals surface area contributed by atoms with Crippen molar-refractivity contribution in [2.45, 2.75) is 18.9 Å². The molecule has 2 heterocycles. The molecular weight excluding hydrogens is 398 g/mol. The van der Waals surface area contributed by atoms with E-state index in [-0.39, 0.29) is 11.8 Å². The largest absolute Gasteiger partial charge is 0.497 e. The maximum absolute atomic E-state index is 12.4. The highest BCUT2D eigenvalue weighted by molar-refractivity contribution is 5.93. The molecule has 1 fully saturated rings. The van der Waals surface area contributed by atoms with E-state index in [4.69, 9.17) is 14.2 Å². The van der Waals surface area contributed by atoms with Crippen LogP contribution in [0.4, 0.5) is 0 Å². The van der Waals surface area contributed by atoms with Crippen LogP contribution in [0.5, 0.6) is 17.4 Å². The second-order valence-corrected chi connectivity index (χ2v) is 6.84. The quantitative estimate of drug-likeness (QED) is 0.442. The molecule has 0 atom stereocenters. The molecule has 1 saturated carbocycles. The number of carbonyl (C=O) groups is 1. The van der Waals surface area contributed by atoms with Gasteiger partial charge in [-0.05, 0) is 31.0 Å². The SMILES string of the molecule is COc1cc(/C=N/NC(=O)c2cncc(-c3ccc(OC4CC4)nc3)n2)cc(OC)c1. The number of hydrogen-bond donors (Lipinski definition) is 1. The van der Waals surface area contributed by atoms with Crippen molar-refractivity contribution in [2.24, 2.45) is 5.10 Å². The predicted octanol–water partition coefficient (Wildman–Crippen LogP) is 2.86. The zero-order valence-electron chi connectivity index (χ0n) is 17.1. The smallest absolute Gasteiger partial charge is 0.291 e. The molecule has 158 valence electrons. The molecule has 9 heteroatoms. The van der Waals surface area contributed by atoms with E-state index in [2.05, 4.69) is 25.5 Å². The zero-order chi connectivity index (χ0) is 21.6. The van der Waals surface area contributed by atoms with Crippen LogP contribution in [0, 0.1) is 0 Å². The Morgan fingerprint density at radius 1 is 1.10 bits per heavy atom. The third-order valence-electron chi connectivity index (χ3n) is 4.46. The summed E-state index contributed by atoms with van der Waals surface area (Å²) in [7, 11) is 3.12. The van der Waals surface area contributed by atoms with Crippen molar-refractivity contribution < 1.29 is 19.0 Å². The van der Waals surface area contributed by atoms with Crippen molar-refractivity contribution in [3.8, 4) is 28.6 Å². The summed E-state index contributed by atoms with van der Waals surface area (Å²) in [5.41, 5.74) is 4.55.